The second-order valence-electron chi connectivity index (χ2n) is 10.6. The van der Waals surface area contributed by atoms with E-state index in [4.69, 9.17) is 0 Å². The summed E-state index contributed by atoms with van der Waals surface area (Å²) in [4.78, 5) is 9.26. The summed E-state index contributed by atoms with van der Waals surface area (Å²) in [6.07, 6.45) is 4.76. The van der Waals surface area contributed by atoms with Gasteiger partial charge in [0.25, 0.3) is 0 Å². The zero-order valence-electron chi connectivity index (χ0n) is 17.1. The summed E-state index contributed by atoms with van der Waals surface area (Å²) in [5.41, 5.74) is 0.611. The fourth-order valence-corrected chi connectivity index (χ4v) is 4.76. The van der Waals surface area contributed by atoms with Crippen molar-refractivity contribution >= 4 is 11.7 Å². The Bertz CT molecular complexity index is 535. The first kappa shape index (κ1) is 20.8. The summed E-state index contributed by atoms with van der Waals surface area (Å²) in [6, 6.07) is 0. The molecule has 2 unspecified atom stereocenters. The Kier molecular flexibility index (Phi) is 5.20. The Morgan fingerprint density at radius 2 is 0.960 bits per heavy atom. The van der Waals surface area contributed by atoms with Gasteiger partial charge in [-0.25, -0.2) is 0 Å². The maximum absolute atomic E-state index is 4.63. The van der Waals surface area contributed by atoms with Gasteiger partial charge in [0.2, 0.25) is 0 Å². The minimum absolute atomic E-state index is 0. The Labute approximate surface area is 164 Å². The average molecular weight is 385 g/mol. The molecule has 4 nitrogen and oxygen atoms in total. The van der Waals surface area contributed by atoms with Crippen molar-refractivity contribution in [2.24, 2.45) is 21.8 Å². The number of amidine groups is 2. The standard InChI is InChI=1S/2C10H17N2.Mn/c2*1-9(2)5-7-6-10(3,4)12-8(7)11-9;/h2*7H,5-6H2,1-4H3;/q2*-1;+2. The molecular weight excluding hydrogens is 351 g/mol. The fourth-order valence-electron chi connectivity index (χ4n) is 4.76. The van der Waals surface area contributed by atoms with Crippen molar-refractivity contribution in [3.8, 4) is 0 Å². The van der Waals surface area contributed by atoms with E-state index < -0.39 is 0 Å². The maximum atomic E-state index is 4.63. The van der Waals surface area contributed by atoms with Crippen molar-refractivity contribution in [3.63, 3.8) is 0 Å². The molecule has 0 N–H and O–H groups in total. The van der Waals surface area contributed by atoms with E-state index in [-0.39, 0.29) is 39.2 Å². The van der Waals surface area contributed by atoms with Crippen LogP contribution in [0.15, 0.2) is 9.98 Å². The molecule has 0 aliphatic carbocycles. The zero-order chi connectivity index (χ0) is 18.0. The topological polar surface area (TPSA) is 52.9 Å². The molecule has 25 heavy (non-hydrogen) atoms. The molecule has 2 atom stereocenters. The molecule has 0 aromatic rings. The third-order valence-corrected chi connectivity index (χ3v) is 5.38. The number of hydrogen-bond acceptors (Lipinski definition) is 2. The van der Waals surface area contributed by atoms with Gasteiger partial charge in [-0.2, -0.15) is 0 Å². The molecule has 0 aromatic heterocycles. The van der Waals surface area contributed by atoms with Crippen LogP contribution in [0, 0.1) is 11.8 Å². The van der Waals surface area contributed by atoms with Crippen molar-refractivity contribution < 1.29 is 17.1 Å². The van der Waals surface area contributed by atoms with Crippen LogP contribution in [0.25, 0.3) is 10.6 Å². The molecule has 2 fully saturated rings. The molecule has 4 aliphatic rings. The Balaban J connectivity index is 0.000000173. The van der Waals surface area contributed by atoms with E-state index in [2.05, 4.69) is 76.0 Å². The van der Waals surface area contributed by atoms with Gasteiger partial charge < -0.3 is 20.6 Å². The molecule has 0 bridgehead atoms. The second-order valence-corrected chi connectivity index (χ2v) is 10.6. The van der Waals surface area contributed by atoms with Gasteiger partial charge in [-0.05, 0) is 59.7 Å². The maximum Gasteiger partial charge on any atom is 2.00 e. The van der Waals surface area contributed by atoms with Gasteiger partial charge in [-0.15, -0.1) is 0 Å². The number of rotatable bonds is 0. The van der Waals surface area contributed by atoms with Gasteiger partial charge in [-0.3, -0.25) is 0 Å². The molecule has 2 saturated heterocycles. The van der Waals surface area contributed by atoms with Crippen LogP contribution in [0.2, 0.25) is 0 Å². The van der Waals surface area contributed by atoms with Crippen molar-refractivity contribution in [2.45, 2.75) is 103 Å². The predicted molar refractivity (Wildman–Crippen MR) is 103 cm³/mol. The molecule has 0 spiro atoms. The summed E-state index contributed by atoms with van der Waals surface area (Å²) in [7, 11) is 0. The Morgan fingerprint density at radius 3 is 1.24 bits per heavy atom. The molecule has 1 radical (unpaired) electrons. The molecule has 0 aromatic carbocycles. The number of hydrogen-bond donors (Lipinski definition) is 0. The van der Waals surface area contributed by atoms with Crippen molar-refractivity contribution in [3.05, 3.63) is 10.6 Å². The second kappa shape index (κ2) is 6.27. The molecule has 0 amide bonds. The van der Waals surface area contributed by atoms with Crippen LogP contribution in [0.3, 0.4) is 0 Å². The average Bonchev–Trinajstić information content (AvgIpc) is 2.89. The van der Waals surface area contributed by atoms with E-state index in [1.165, 1.54) is 25.7 Å². The van der Waals surface area contributed by atoms with Crippen LogP contribution >= 0.6 is 0 Å². The van der Waals surface area contributed by atoms with Crippen molar-refractivity contribution in [1.82, 2.24) is 0 Å². The van der Waals surface area contributed by atoms with E-state index in [0.29, 0.717) is 11.8 Å². The van der Waals surface area contributed by atoms with Crippen LogP contribution in [-0.4, -0.2) is 33.8 Å². The fraction of sp³-hybridized carbons (Fsp3) is 0.900. The quantitative estimate of drug-likeness (QED) is 0.496. The molecule has 4 heterocycles. The molecule has 4 rings (SSSR count). The summed E-state index contributed by atoms with van der Waals surface area (Å²) >= 11 is 0. The smallest absolute Gasteiger partial charge is 0.463 e. The van der Waals surface area contributed by atoms with Gasteiger partial charge in [0, 0.05) is 0 Å². The molecule has 0 saturated carbocycles. The minimum Gasteiger partial charge on any atom is -0.463 e. The molecule has 4 aliphatic heterocycles. The summed E-state index contributed by atoms with van der Waals surface area (Å²) < 4.78 is 0. The third-order valence-electron chi connectivity index (χ3n) is 5.38. The first-order valence-corrected chi connectivity index (χ1v) is 9.41. The van der Waals surface area contributed by atoms with E-state index in [9.17, 15) is 0 Å². The zero-order valence-corrected chi connectivity index (χ0v) is 18.3. The predicted octanol–water partition coefficient (Wildman–Crippen LogP) is 5.48. The summed E-state index contributed by atoms with van der Waals surface area (Å²) in [5, 5.41) is 9.26. The number of nitrogens with zero attached hydrogens (tertiary/aromatic N) is 4. The first-order chi connectivity index (χ1) is 10.8. The normalized spacial score (nSPS) is 34.2. The minimum atomic E-state index is 0. The van der Waals surface area contributed by atoms with Crippen LogP contribution in [-0.2, 0) is 17.1 Å². The van der Waals surface area contributed by atoms with Gasteiger partial charge >= 0.3 is 17.1 Å². The van der Waals surface area contributed by atoms with E-state index in [1.54, 1.807) is 0 Å². The van der Waals surface area contributed by atoms with E-state index >= 15 is 0 Å². The van der Waals surface area contributed by atoms with Gasteiger partial charge in [-0.1, -0.05) is 67.1 Å². The summed E-state index contributed by atoms with van der Waals surface area (Å²) in [6.45, 7) is 17.6. The SMILES string of the molecule is CC1(C)CC2CC(C)(C)[N-]C2=N1.CC1(C)CC2CC(C)(C)[N-]C2=N1.[Mn+2]. The number of aliphatic imine (C=N–C) groups is 2. The Hall–Kier alpha value is -0.541. The van der Waals surface area contributed by atoms with Crippen LogP contribution in [0.4, 0.5) is 0 Å². The third kappa shape index (κ3) is 4.80. The van der Waals surface area contributed by atoms with Crippen molar-refractivity contribution in [1.29, 1.82) is 0 Å². The molecule has 141 valence electrons. The van der Waals surface area contributed by atoms with Gasteiger partial charge in [0.05, 0.1) is 0 Å². The van der Waals surface area contributed by atoms with Gasteiger partial charge in [0.15, 0.2) is 0 Å². The largest absolute Gasteiger partial charge is 2.00 e. The van der Waals surface area contributed by atoms with Crippen LogP contribution in [0.5, 0.6) is 0 Å². The Morgan fingerprint density at radius 1 is 0.640 bits per heavy atom. The van der Waals surface area contributed by atoms with Gasteiger partial charge in [0.1, 0.15) is 0 Å². The first-order valence-electron chi connectivity index (χ1n) is 9.41. The van der Waals surface area contributed by atoms with E-state index in [0.717, 1.165) is 11.7 Å². The molecular formula is C20H34MnN4. The molecule has 5 heteroatoms. The monoisotopic (exact) mass is 385 g/mol. The summed E-state index contributed by atoms with van der Waals surface area (Å²) in [5.74, 6) is 3.56. The number of fused-ring (bicyclic) bond motifs is 2. The van der Waals surface area contributed by atoms with Crippen molar-refractivity contribution in [2.75, 3.05) is 0 Å². The van der Waals surface area contributed by atoms with Crippen LogP contribution < -0.4 is 0 Å². The van der Waals surface area contributed by atoms with E-state index in [1.807, 2.05) is 0 Å². The van der Waals surface area contributed by atoms with Crippen LogP contribution in [0.1, 0.15) is 81.1 Å².